The molecule has 48 heavy (non-hydrogen) atoms. The van der Waals surface area contributed by atoms with Gasteiger partial charge in [-0.2, -0.15) is 0 Å². The van der Waals surface area contributed by atoms with E-state index in [-0.39, 0.29) is 50.6 Å². The number of rotatable bonds is 26. The Morgan fingerprint density at radius 3 is 2.29 bits per heavy atom. The van der Waals surface area contributed by atoms with Crippen LogP contribution < -0.4 is 32.7 Å². The van der Waals surface area contributed by atoms with Crippen molar-refractivity contribution >= 4 is 35.9 Å². The van der Waals surface area contributed by atoms with Gasteiger partial charge in [0.2, 0.25) is 17.7 Å². The monoisotopic (exact) mass is 677 g/mol. The summed E-state index contributed by atoms with van der Waals surface area (Å²) in [5, 5.41) is 29.4. The summed E-state index contributed by atoms with van der Waals surface area (Å²) in [6, 6.07) is -3.09. The van der Waals surface area contributed by atoms with Gasteiger partial charge >= 0.3 is 11.9 Å². The standard InChI is InChI=1S/C34H59N7O7/c1-2-3-4-5-6-10-14-26(35)24-38-20-17-27(36)32(45)41-29(22-25-13-9-7-8-11-19-37-23-25)33(46)39-21-18-28(34(47)48)40-30(42)15-12-16-31(43)44/h7-9,11,23,25-29,38H,2-6,10,12-22,24,35-36H2,1H3,(H,39,46)(H,40,42)(H,41,45)(H,43,44)(H,47,48). The van der Waals surface area contributed by atoms with Crippen LogP contribution in [0.5, 0.6) is 0 Å². The first kappa shape index (κ1) is 42.4. The first-order valence-corrected chi connectivity index (χ1v) is 17.4. The summed E-state index contributed by atoms with van der Waals surface area (Å²) in [7, 11) is 0. The summed E-state index contributed by atoms with van der Waals surface area (Å²) >= 11 is 0. The zero-order chi connectivity index (χ0) is 35.6. The number of nitrogens with zero attached hydrogens (tertiary/aromatic N) is 1. The van der Waals surface area contributed by atoms with Crippen molar-refractivity contribution < 1.29 is 34.2 Å². The number of unbranched alkanes of at least 4 members (excludes halogenated alkanes) is 5. The predicted octanol–water partition coefficient (Wildman–Crippen LogP) is 1.78. The molecular weight excluding hydrogens is 618 g/mol. The van der Waals surface area contributed by atoms with E-state index < -0.39 is 47.8 Å². The molecule has 0 bridgehead atoms. The second kappa shape index (κ2) is 26.3. The molecule has 0 aromatic rings. The fraction of sp³-hybridized carbons (Fsp3) is 0.706. The lowest BCUT2D eigenvalue weighted by Crippen LogP contribution is -2.53. The van der Waals surface area contributed by atoms with Gasteiger partial charge in [0.05, 0.1) is 12.6 Å². The Morgan fingerprint density at radius 1 is 0.833 bits per heavy atom. The van der Waals surface area contributed by atoms with Gasteiger partial charge in [0.25, 0.3) is 0 Å². The minimum atomic E-state index is -1.29. The Morgan fingerprint density at radius 2 is 1.56 bits per heavy atom. The van der Waals surface area contributed by atoms with Gasteiger partial charge in [0, 0.05) is 38.2 Å². The lowest BCUT2D eigenvalue weighted by molar-refractivity contribution is -0.142. The van der Waals surface area contributed by atoms with Gasteiger partial charge in [-0.3, -0.25) is 24.2 Å². The van der Waals surface area contributed by atoms with Crippen molar-refractivity contribution in [3.63, 3.8) is 0 Å². The molecule has 0 aromatic carbocycles. The SMILES string of the molecule is CCCCCCCCC(N)CNCCC(N)C(=O)NC(CC1C=NCC=CC=CC1)C(=O)NCCC(NC(=O)CCCC(=O)O)C(=O)O. The van der Waals surface area contributed by atoms with Gasteiger partial charge in [-0.25, -0.2) is 4.79 Å². The Kier molecular flexibility index (Phi) is 23.3. The molecule has 5 atom stereocenters. The van der Waals surface area contributed by atoms with E-state index in [0.717, 1.165) is 12.8 Å². The van der Waals surface area contributed by atoms with E-state index in [2.05, 4.69) is 33.2 Å². The number of aliphatic carboxylic acids is 2. The van der Waals surface area contributed by atoms with E-state index in [4.69, 9.17) is 16.6 Å². The molecule has 14 nitrogen and oxygen atoms in total. The molecule has 1 aliphatic heterocycles. The molecular formula is C34H59N7O7. The van der Waals surface area contributed by atoms with E-state index in [1.165, 1.54) is 32.1 Å². The van der Waals surface area contributed by atoms with E-state index in [1.54, 1.807) is 6.21 Å². The van der Waals surface area contributed by atoms with Gasteiger partial charge in [0.1, 0.15) is 12.1 Å². The third kappa shape index (κ3) is 21.3. The normalized spacial score (nSPS) is 16.9. The number of nitrogens with one attached hydrogen (secondary N) is 4. The Labute approximate surface area is 285 Å². The van der Waals surface area contributed by atoms with Gasteiger partial charge < -0.3 is 42.9 Å². The molecule has 0 fully saturated rings. The summed E-state index contributed by atoms with van der Waals surface area (Å²) in [4.78, 5) is 65.2. The molecule has 10 N–H and O–H groups in total. The fourth-order valence-electron chi connectivity index (χ4n) is 5.13. The highest BCUT2D eigenvalue weighted by Gasteiger charge is 2.27. The average molecular weight is 678 g/mol. The number of nitrogens with two attached hydrogens (primary N) is 2. The predicted molar refractivity (Wildman–Crippen MR) is 186 cm³/mol. The minimum Gasteiger partial charge on any atom is -0.481 e. The number of allylic oxidation sites excluding steroid dienone is 3. The van der Waals surface area contributed by atoms with Crippen LogP contribution in [0.15, 0.2) is 29.3 Å². The van der Waals surface area contributed by atoms with Crippen LogP contribution in [0.1, 0.15) is 96.8 Å². The van der Waals surface area contributed by atoms with Crippen LogP contribution in [0.2, 0.25) is 0 Å². The van der Waals surface area contributed by atoms with Crippen molar-refractivity contribution in [1.82, 2.24) is 21.3 Å². The van der Waals surface area contributed by atoms with Crippen LogP contribution in [0, 0.1) is 5.92 Å². The topological polar surface area (TPSA) is 238 Å². The average Bonchev–Trinajstić information content (AvgIpc) is 3.17. The summed E-state index contributed by atoms with van der Waals surface area (Å²) in [6.45, 7) is 3.71. The summed E-state index contributed by atoms with van der Waals surface area (Å²) in [5.41, 5.74) is 12.4. The molecule has 3 amide bonds. The number of carbonyl (C=O) groups is 5. The van der Waals surface area contributed by atoms with Crippen LogP contribution in [-0.4, -0.2) is 96.4 Å². The maximum atomic E-state index is 13.3. The molecule has 0 radical (unpaired) electrons. The van der Waals surface area contributed by atoms with E-state index in [0.29, 0.717) is 32.5 Å². The Balaban J connectivity index is 2.68. The van der Waals surface area contributed by atoms with Crippen molar-refractivity contribution in [2.45, 2.75) is 121 Å². The number of carboxylic acid groups (broad SMARTS) is 2. The maximum absolute atomic E-state index is 13.3. The van der Waals surface area contributed by atoms with Crippen LogP contribution >= 0.6 is 0 Å². The van der Waals surface area contributed by atoms with E-state index in [1.807, 2.05) is 24.3 Å². The van der Waals surface area contributed by atoms with Crippen LogP contribution in [-0.2, 0) is 24.0 Å². The molecule has 0 aromatic heterocycles. The van der Waals surface area contributed by atoms with E-state index >= 15 is 0 Å². The first-order chi connectivity index (χ1) is 23.0. The Bertz CT molecular complexity index is 1070. The van der Waals surface area contributed by atoms with Crippen molar-refractivity contribution in [1.29, 1.82) is 0 Å². The van der Waals surface area contributed by atoms with Gasteiger partial charge in [-0.15, -0.1) is 0 Å². The number of aliphatic imine (C=N–C) groups is 1. The third-order valence-corrected chi connectivity index (χ3v) is 7.98. The molecule has 272 valence electrons. The zero-order valence-corrected chi connectivity index (χ0v) is 28.5. The molecule has 0 saturated carbocycles. The van der Waals surface area contributed by atoms with Crippen molar-refractivity contribution in [3.8, 4) is 0 Å². The van der Waals surface area contributed by atoms with Crippen molar-refractivity contribution in [2.75, 3.05) is 26.2 Å². The number of hydrogen-bond acceptors (Lipinski definition) is 9. The quantitative estimate of drug-likeness (QED) is 0.0618. The van der Waals surface area contributed by atoms with Crippen molar-refractivity contribution in [2.24, 2.45) is 22.4 Å². The minimum absolute atomic E-state index is 0.0270. The molecule has 0 spiro atoms. The summed E-state index contributed by atoms with van der Waals surface area (Å²) in [5.74, 6) is -4.08. The summed E-state index contributed by atoms with van der Waals surface area (Å²) in [6.07, 6.45) is 18.4. The number of hydrogen-bond donors (Lipinski definition) is 8. The number of amides is 3. The molecule has 1 heterocycles. The van der Waals surface area contributed by atoms with Crippen LogP contribution in [0.25, 0.3) is 0 Å². The molecule has 1 rings (SSSR count). The van der Waals surface area contributed by atoms with Gasteiger partial charge in [-0.1, -0.05) is 69.8 Å². The van der Waals surface area contributed by atoms with Gasteiger partial charge in [0.15, 0.2) is 0 Å². The molecule has 1 aliphatic rings. The highest BCUT2D eigenvalue weighted by molar-refractivity contribution is 5.90. The molecule has 5 unspecified atom stereocenters. The second-order valence-electron chi connectivity index (χ2n) is 12.4. The molecule has 14 heteroatoms. The zero-order valence-electron chi connectivity index (χ0n) is 28.5. The molecule has 0 aliphatic carbocycles. The van der Waals surface area contributed by atoms with Crippen molar-refractivity contribution in [3.05, 3.63) is 24.3 Å². The second-order valence-corrected chi connectivity index (χ2v) is 12.4. The van der Waals surface area contributed by atoms with Crippen LogP contribution in [0.4, 0.5) is 0 Å². The highest BCUT2D eigenvalue weighted by atomic mass is 16.4. The Hall–Kier alpha value is -3.62. The summed E-state index contributed by atoms with van der Waals surface area (Å²) < 4.78 is 0. The smallest absolute Gasteiger partial charge is 0.326 e. The van der Waals surface area contributed by atoms with Crippen LogP contribution in [0.3, 0.4) is 0 Å². The lowest BCUT2D eigenvalue weighted by Gasteiger charge is -2.24. The number of carboxylic acids is 2. The lowest BCUT2D eigenvalue weighted by atomic mass is 9.96. The first-order valence-electron chi connectivity index (χ1n) is 17.4. The fourth-order valence-corrected chi connectivity index (χ4v) is 5.13. The maximum Gasteiger partial charge on any atom is 0.326 e. The third-order valence-electron chi connectivity index (χ3n) is 7.98. The number of carbonyl (C=O) groups excluding carboxylic acids is 3. The largest absolute Gasteiger partial charge is 0.481 e. The van der Waals surface area contributed by atoms with Gasteiger partial charge in [-0.05, 0) is 51.0 Å². The van der Waals surface area contributed by atoms with E-state index in [9.17, 15) is 29.1 Å². The molecule has 0 saturated heterocycles. The highest BCUT2D eigenvalue weighted by Crippen LogP contribution is 2.13.